The monoisotopic (exact) mass is 419 g/mol. The molecule has 6 rings (SSSR count). The molecule has 8 nitrogen and oxygen atoms in total. The summed E-state index contributed by atoms with van der Waals surface area (Å²) < 4.78 is 13.5. The Labute approximate surface area is 180 Å². The molecule has 0 radical (unpaired) electrons. The van der Waals surface area contributed by atoms with Crippen molar-refractivity contribution in [1.82, 2.24) is 19.6 Å². The SMILES string of the molecule is CC1(C)C(=O)Cc2cc(Cc3nc4c(N5CCC6(C5)OCCO6)nccn4n3)ccc21. The van der Waals surface area contributed by atoms with E-state index in [0.717, 1.165) is 46.9 Å². The van der Waals surface area contributed by atoms with E-state index in [-0.39, 0.29) is 5.78 Å². The fourth-order valence-corrected chi connectivity index (χ4v) is 5.05. The summed E-state index contributed by atoms with van der Waals surface area (Å²) in [5.41, 5.74) is 3.72. The van der Waals surface area contributed by atoms with Crippen LogP contribution in [0.5, 0.6) is 0 Å². The lowest BCUT2D eigenvalue weighted by molar-refractivity contribution is -0.137. The van der Waals surface area contributed by atoms with E-state index in [1.807, 2.05) is 20.0 Å². The number of rotatable bonds is 3. The molecule has 3 aliphatic rings. The van der Waals surface area contributed by atoms with E-state index in [1.54, 1.807) is 10.7 Å². The molecular formula is C23H25N5O3. The summed E-state index contributed by atoms with van der Waals surface area (Å²) in [5.74, 6) is 1.31. The number of aromatic nitrogens is 4. The van der Waals surface area contributed by atoms with Crippen LogP contribution < -0.4 is 4.90 Å². The summed E-state index contributed by atoms with van der Waals surface area (Å²) >= 11 is 0. The molecule has 1 aromatic carbocycles. The third kappa shape index (κ3) is 2.96. The first kappa shape index (κ1) is 18.9. The first-order chi connectivity index (χ1) is 14.9. The molecule has 0 bridgehead atoms. The molecule has 0 amide bonds. The molecule has 160 valence electrons. The Morgan fingerprint density at radius 3 is 2.87 bits per heavy atom. The van der Waals surface area contributed by atoms with Crippen LogP contribution in [0.25, 0.3) is 5.65 Å². The highest BCUT2D eigenvalue weighted by atomic mass is 16.7. The van der Waals surface area contributed by atoms with Crippen LogP contribution >= 0.6 is 0 Å². The van der Waals surface area contributed by atoms with Gasteiger partial charge in [-0.15, -0.1) is 0 Å². The minimum Gasteiger partial charge on any atom is -0.348 e. The molecule has 31 heavy (non-hydrogen) atoms. The third-order valence-electron chi connectivity index (χ3n) is 6.84. The van der Waals surface area contributed by atoms with Crippen molar-refractivity contribution in [1.29, 1.82) is 0 Å². The molecule has 3 aromatic rings. The second kappa shape index (κ2) is 6.58. The normalized spacial score (nSPS) is 21.5. The van der Waals surface area contributed by atoms with Crippen LogP contribution in [0.3, 0.4) is 0 Å². The standard InChI is InChI=1S/C23H25N5O3/c1-22(2)17-4-3-15(11-16(17)13-18(22)29)12-19-25-21-20(24-6-8-28(21)26-19)27-7-5-23(14-27)30-9-10-31-23/h3-4,6,8,11H,5,7,9-10,12-14H2,1-2H3. The highest BCUT2D eigenvalue weighted by Gasteiger charge is 2.44. The Hall–Kier alpha value is -2.84. The Morgan fingerprint density at radius 2 is 2.03 bits per heavy atom. The molecule has 1 spiro atoms. The first-order valence-corrected chi connectivity index (χ1v) is 10.8. The van der Waals surface area contributed by atoms with Crippen LogP contribution in [-0.2, 0) is 32.5 Å². The number of hydrogen-bond acceptors (Lipinski definition) is 7. The van der Waals surface area contributed by atoms with Gasteiger partial charge in [0.15, 0.2) is 23.1 Å². The maximum Gasteiger partial charge on any atom is 0.198 e. The van der Waals surface area contributed by atoms with Crippen molar-refractivity contribution < 1.29 is 14.3 Å². The lowest BCUT2D eigenvalue weighted by Gasteiger charge is -2.22. The zero-order chi connectivity index (χ0) is 21.2. The van der Waals surface area contributed by atoms with E-state index < -0.39 is 11.2 Å². The molecule has 0 unspecified atom stereocenters. The number of hydrogen-bond donors (Lipinski definition) is 0. The number of fused-ring (bicyclic) bond motifs is 2. The van der Waals surface area contributed by atoms with Gasteiger partial charge >= 0.3 is 0 Å². The van der Waals surface area contributed by atoms with E-state index in [9.17, 15) is 4.79 Å². The van der Waals surface area contributed by atoms with Gasteiger partial charge in [0.1, 0.15) is 5.78 Å². The van der Waals surface area contributed by atoms with Gasteiger partial charge in [-0.3, -0.25) is 4.79 Å². The molecule has 0 saturated carbocycles. The molecule has 8 heteroatoms. The summed E-state index contributed by atoms with van der Waals surface area (Å²) in [6.07, 6.45) is 5.52. The van der Waals surface area contributed by atoms with Gasteiger partial charge in [-0.2, -0.15) is 5.10 Å². The van der Waals surface area contributed by atoms with E-state index in [1.165, 1.54) is 0 Å². The Bertz CT molecular complexity index is 1200. The Kier molecular flexibility index (Phi) is 4.01. The van der Waals surface area contributed by atoms with E-state index in [2.05, 4.69) is 33.2 Å². The van der Waals surface area contributed by atoms with Crippen LogP contribution in [0.4, 0.5) is 5.82 Å². The molecule has 2 fully saturated rings. The highest BCUT2D eigenvalue weighted by molar-refractivity contribution is 5.95. The number of carbonyl (C=O) groups is 1. The van der Waals surface area contributed by atoms with Gasteiger partial charge in [-0.05, 0) is 30.5 Å². The molecular weight excluding hydrogens is 394 g/mol. The lowest BCUT2D eigenvalue weighted by atomic mass is 9.85. The van der Waals surface area contributed by atoms with Gasteiger partial charge < -0.3 is 14.4 Å². The summed E-state index contributed by atoms with van der Waals surface area (Å²) in [4.78, 5) is 23.9. The fourth-order valence-electron chi connectivity index (χ4n) is 5.05. The minimum atomic E-state index is -0.507. The van der Waals surface area contributed by atoms with Crippen LogP contribution in [-0.4, -0.2) is 57.5 Å². The average molecular weight is 419 g/mol. The number of benzene rings is 1. The van der Waals surface area contributed by atoms with Crippen molar-refractivity contribution in [2.24, 2.45) is 0 Å². The maximum atomic E-state index is 12.3. The summed E-state index contributed by atoms with van der Waals surface area (Å²) in [5, 5.41) is 4.68. The zero-order valence-corrected chi connectivity index (χ0v) is 17.8. The number of ketones is 1. The lowest BCUT2D eigenvalue weighted by Crippen LogP contribution is -2.34. The van der Waals surface area contributed by atoms with Gasteiger partial charge in [-0.25, -0.2) is 14.5 Å². The smallest absolute Gasteiger partial charge is 0.198 e. The van der Waals surface area contributed by atoms with Gasteiger partial charge in [0.25, 0.3) is 0 Å². The number of ether oxygens (including phenoxy) is 2. The number of nitrogens with zero attached hydrogens (tertiary/aromatic N) is 5. The highest BCUT2D eigenvalue weighted by Crippen LogP contribution is 2.36. The molecule has 2 aromatic heterocycles. The molecule has 0 N–H and O–H groups in total. The summed E-state index contributed by atoms with van der Waals surface area (Å²) in [7, 11) is 0. The number of carbonyl (C=O) groups excluding carboxylic acids is 1. The largest absolute Gasteiger partial charge is 0.348 e. The van der Waals surface area contributed by atoms with Gasteiger partial charge in [0, 0.05) is 43.6 Å². The van der Waals surface area contributed by atoms with Crippen LogP contribution in [0.1, 0.15) is 42.8 Å². The maximum absolute atomic E-state index is 12.3. The average Bonchev–Trinajstić information content (AvgIpc) is 3.51. The first-order valence-electron chi connectivity index (χ1n) is 10.8. The van der Waals surface area contributed by atoms with Crippen molar-refractivity contribution in [3.8, 4) is 0 Å². The Balaban J connectivity index is 1.28. The Morgan fingerprint density at radius 1 is 1.19 bits per heavy atom. The van der Waals surface area contributed by atoms with Crippen molar-refractivity contribution in [3.63, 3.8) is 0 Å². The van der Waals surface area contributed by atoms with Crippen molar-refractivity contribution in [2.45, 2.75) is 44.3 Å². The summed E-state index contributed by atoms with van der Waals surface area (Å²) in [6.45, 7) is 6.75. The topological polar surface area (TPSA) is 81.9 Å². The molecule has 2 saturated heterocycles. The predicted molar refractivity (Wildman–Crippen MR) is 113 cm³/mol. The second-order valence-corrected chi connectivity index (χ2v) is 9.22. The van der Waals surface area contributed by atoms with Gasteiger partial charge in [0.05, 0.1) is 19.8 Å². The fraction of sp³-hybridized carbons (Fsp3) is 0.478. The molecule has 4 heterocycles. The van der Waals surface area contributed by atoms with Gasteiger partial charge in [-0.1, -0.05) is 18.2 Å². The molecule has 1 aliphatic carbocycles. The molecule has 0 atom stereocenters. The van der Waals surface area contributed by atoms with Crippen molar-refractivity contribution in [2.75, 3.05) is 31.2 Å². The second-order valence-electron chi connectivity index (χ2n) is 9.22. The van der Waals surface area contributed by atoms with Crippen LogP contribution in [0.15, 0.2) is 30.6 Å². The number of anilines is 1. The van der Waals surface area contributed by atoms with Crippen molar-refractivity contribution in [3.05, 3.63) is 53.1 Å². The quantitative estimate of drug-likeness (QED) is 0.643. The predicted octanol–water partition coefficient (Wildman–Crippen LogP) is 2.07. The molecule has 2 aliphatic heterocycles. The van der Waals surface area contributed by atoms with Crippen LogP contribution in [0.2, 0.25) is 0 Å². The third-order valence-corrected chi connectivity index (χ3v) is 6.84. The van der Waals surface area contributed by atoms with Crippen molar-refractivity contribution >= 4 is 17.2 Å². The summed E-state index contributed by atoms with van der Waals surface area (Å²) in [6, 6.07) is 6.30. The van der Waals surface area contributed by atoms with E-state index >= 15 is 0 Å². The van der Waals surface area contributed by atoms with E-state index in [4.69, 9.17) is 14.5 Å². The van der Waals surface area contributed by atoms with Crippen LogP contribution in [0, 0.1) is 0 Å². The minimum absolute atomic E-state index is 0.278. The zero-order valence-electron chi connectivity index (χ0n) is 17.8. The number of Topliss-reactive ketones (excluding diaryl/α,β-unsaturated/α-hetero) is 1. The van der Waals surface area contributed by atoms with Gasteiger partial charge in [0.2, 0.25) is 0 Å². The van der Waals surface area contributed by atoms with E-state index in [0.29, 0.717) is 32.6 Å².